The van der Waals surface area contributed by atoms with Crippen molar-refractivity contribution in [2.24, 2.45) is 0 Å². The standard InChI is InChI=1S/C13H23N3O3/c17-13(15-5-9-19-10-6-15)16-2-1-12(11-16)14-3-7-18-8-4-14/h12H,1-11H2. The Morgan fingerprint density at radius 2 is 1.47 bits per heavy atom. The number of carbonyl (C=O) groups is 1. The average molecular weight is 269 g/mol. The fourth-order valence-electron chi connectivity index (χ4n) is 3.11. The highest BCUT2D eigenvalue weighted by Crippen LogP contribution is 2.18. The van der Waals surface area contributed by atoms with Gasteiger partial charge in [-0.1, -0.05) is 0 Å². The van der Waals surface area contributed by atoms with Gasteiger partial charge in [0.2, 0.25) is 0 Å². The molecule has 3 fully saturated rings. The number of urea groups is 1. The third kappa shape index (κ3) is 3.01. The Morgan fingerprint density at radius 3 is 2.16 bits per heavy atom. The second-order valence-electron chi connectivity index (χ2n) is 5.42. The van der Waals surface area contributed by atoms with E-state index >= 15 is 0 Å². The van der Waals surface area contributed by atoms with Crippen molar-refractivity contribution in [3.05, 3.63) is 0 Å². The van der Waals surface area contributed by atoms with Crippen molar-refractivity contribution in [3.8, 4) is 0 Å². The molecule has 0 aromatic heterocycles. The SMILES string of the molecule is O=C(N1CCOCC1)N1CCC(N2CCOCC2)C1. The molecule has 1 atom stereocenters. The Labute approximate surface area is 114 Å². The van der Waals surface area contributed by atoms with E-state index in [1.807, 2.05) is 9.80 Å². The van der Waals surface area contributed by atoms with E-state index in [9.17, 15) is 4.79 Å². The Morgan fingerprint density at radius 1 is 0.842 bits per heavy atom. The first-order valence-corrected chi connectivity index (χ1v) is 7.28. The molecule has 108 valence electrons. The number of hydrogen-bond acceptors (Lipinski definition) is 4. The van der Waals surface area contributed by atoms with Crippen LogP contribution in [-0.4, -0.2) is 92.5 Å². The number of ether oxygens (including phenoxy) is 2. The zero-order chi connectivity index (χ0) is 13.1. The van der Waals surface area contributed by atoms with Gasteiger partial charge in [-0.15, -0.1) is 0 Å². The third-order valence-corrected chi connectivity index (χ3v) is 4.28. The molecule has 0 bridgehead atoms. The van der Waals surface area contributed by atoms with Crippen LogP contribution in [0.1, 0.15) is 6.42 Å². The maximum atomic E-state index is 12.4. The summed E-state index contributed by atoms with van der Waals surface area (Å²) >= 11 is 0. The van der Waals surface area contributed by atoms with Crippen molar-refractivity contribution < 1.29 is 14.3 Å². The molecule has 0 N–H and O–H groups in total. The first-order chi connectivity index (χ1) is 9.34. The van der Waals surface area contributed by atoms with Crippen LogP contribution in [0, 0.1) is 0 Å². The van der Waals surface area contributed by atoms with E-state index in [1.54, 1.807) is 0 Å². The van der Waals surface area contributed by atoms with Crippen LogP contribution in [0.4, 0.5) is 4.79 Å². The Kier molecular flexibility index (Phi) is 4.20. The Hall–Kier alpha value is -0.850. The molecule has 0 aromatic rings. The van der Waals surface area contributed by atoms with Gasteiger partial charge >= 0.3 is 6.03 Å². The fourth-order valence-corrected chi connectivity index (χ4v) is 3.11. The van der Waals surface area contributed by atoms with E-state index in [0.717, 1.165) is 58.9 Å². The average Bonchev–Trinajstić information content (AvgIpc) is 2.98. The van der Waals surface area contributed by atoms with Crippen LogP contribution < -0.4 is 0 Å². The molecular formula is C13H23N3O3. The number of hydrogen-bond donors (Lipinski definition) is 0. The number of rotatable bonds is 1. The van der Waals surface area contributed by atoms with Crippen LogP contribution in [0.15, 0.2) is 0 Å². The molecule has 2 amide bonds. The minimum atomic E-state index is 0.194. The predicted octanol–water partition coefficient (Wildman–Crippen LogP) is -0.155. The highest BCUT2D eigenvalue weighted by atomic mass is 16.5. The molecule has 3 aliphatic heterocycles. The highest BCUT2D eigenvalue weighted by Gasteiger charge is 2.33. The minimum Gasteiger partial charge on any atom is -0.379 e. The monoisotopic (exact) mass is 269 g/mol. The first kappa shape index (κ1) is 13.1. The predicted molar refractivity (Wildman–Crippen MR) is 70.2 cm³/mol. The molecule has 6 nitrogen and oxygen atoms in total. The van der Waals surface area contributed by atoms with Gasteiger partial charge < -0.3 is 19.3 Å². The molecule has 0 radical (unpaired) electrons. The zero-order valence-corrected chi connectivity index (χ0v) is 11.4. The Bertz CT molecular complexity index is 314. The van der Waals surface area contributed by atoms with Gasteiger partial charge in [0, 0.05) is 45.3 Å². The number of likely N-dealkylation sites (tertiary alicyclic amines) is 1. The molecule has 3 rings (SSSR count). The van der Waals surface area contributed by atoms with E-state index < -0.39 is 0 Å². The van der Waals surface area contributed by atoms with Crippen LogP contribution in [0.3, 0.4) is 0 Å². The lowest BCUT2D eigenvalue weighted by atomic mass is 10.2. The van der Waals surface area contributed by atoms with E-state index in [1.165, 1.54) is 0 Å². The van der Waals surface area contributed by atoms with Crippen molar-refractivity contribution in [1.29, 1.82) is 0 Å². The van der Waals surface area contributed by atoms with Crippen molar-refractivity contribution in [2.75, 3.05) is 65.7 Å². The van der Waals surface area contributed by atoms with Crippen molar-refractivity contribution >= 4 is 6.03 Å². The smallest absolute Gasteiger partial charge is 0.320 e. The molecule has 0 aromatic carbocycles. The van der Waals surface area contributed by atoms with Gasteiger partial charge in [0.05, 0.1) is 26.4 Å². The topological polar surface area (TPSA) is 45.2 Å². The van der Waals surface area contributed by atoms with E-state index in [0.29, 0.717) is 19.3 Å². The highest BCUT2D eigenvalue weighted by molar-refractivity contribution is 5.75. The molecule has 3 saturated heterocycles. The Balaban J connectivity index is 1.51. The fraction of sp³-hybridized carbons (Fsp3) is 0.923. The van der Waals surface area contributed by atoms with Crippen LogP contribution >= 0.6 is 0 Å². The summed E-state index contributed by atoms with van der Waals surface area (Å²) in [5.41, 5.74) is 0. The molecule has 19 heavy (non-hydrogen) atoms. The summed E-state index contributed by atoms with van der Waals surface area (Å²) in [5.74, 6) is 0. The van der Waals surface area contributed by atoms with Gasteiger partial charge in [0.1, 0.15) is 0 Å². The second-order valence-corrected chi connectivity index (χ2v) is 5.42. The maximum Gasteiger partial charge on any atom is 0.320 e. The van der Waals surface area contributed by atoms with Crippen LogP contribution in [0.5, 0.6) is 0 Å². The summed E-state index contributed by atoms with van der Waals surface area (Å²) in [5, 5.41) is 0. The van der Waals surface area contributed by atoms with E-state index in [-0.39, 0.29) is 6.03 Å². The van der Waals surface area contributed by atoms with Gasteiger partial charge in [0.15, 0.2) is 0 Å². The van der Waals surface area contributed by atoms with Gasteiger partial charge in [-0.3, -0.25) is 4.90 Å². The van der Waals surface area contributed by atoms with Gasteiger partial charge in [-0.2, -0.15) is 0 Å². The number of amides is 2. The lowest BCUT2D eigenvalue weighted by Gasteiger charge is -2.33. The first-order valence-electron chi connectivity index (χ1n) is 7.28. The second kappa shape index (κ2) is 6.07. The molecule has 3 heterocycles. The lowest BCUT2D eigenvalue weighted by molar-refractivity contribution is 0.0178. The molecule has 0 aliphatic carbocycles. The summed E-state index contributed by atoms with van der Waals surface area (Å²) in [6.45, 7) is 8.23. The van der Waals surface area contributed by atoms with Crippen LogP contribution in [0.2, 0.25) is 0 Å². The van der Waals surface area contributed by atoms with Gasteiger partial charge in [0.25, 0.3) is 0 Å². The summed E-state index contributed by atoms with van der Waals surface area (Å²) in [4.78, 5) is 18.8. The number of carbonyl (C=O) groups excluding carboxylic acids is 1. The normalized spacial score (nSPS) is 29.8. The van der Waals surface area contributed by atoms with Gasteiger partial charge in [-0.25, -0.2) is 4.79 Å². The van der Waals surface area contributed by atoms with Crippen molar-refractivity contribution in [2.45, 2.75) is 12.5 Å². The summed E-state index contributed by atoms with van der Waals surface area (Å²) in [6.07, 6.45) is 1.09. The van der Waals surface area contributed by atoms with Crippen molar-refractivity contribution in [1.82, 2.24) is 14.7 Å². The lowest BCUT2D eigenvalue weighted by Crippen LogP contribution is -2.49. The van der Waals surface area contributed by atoms with E-state index in [2.05, 4.69) is 4.90 Å². The molecule has 3 aliphatic rings. The van der Waals surface area contributed by atoms with Crippen LogP contribution in [0.25, 0.3) is 0 Å². The largest absolute Gasteiger partial charge is 0.379 e. The summed E-state index contributed by atoms with van der Waals surface area (Å²) < 4.78 is 10.7. The summed E-state index contributed by atoms with van der Waals surface area (Å²) in [7, 11) is 0. The third-order valence-electron chi connectivity index (χ3n) is 4.28. The minimum absolute atomic E-state index is 0.194. The van der Waals surface area contributed by atoms with Crippen molar-refractivity contribution in [3.63, 3.8) is 0 Å². The number of morpholine rings is 2. The van der Waals surface area contributed by atoms with Crippen LogP contribution in [-0.2, 0) is 9.47 Å². The summed E-state index contributed by atoms with van der Waals surface area (Å²) in [6, 6.07) is 0.716. The zero-order valence-electron chi connectivity index (χ0n) is 11.4. The maximum absolute atomic E-state index is 12.4. The molecule has 0 saturated carbocycles. The molecule has 0 spiro atoms. The van der Waals surface area contributed by atoms with E-state index in [4.69, 9.17) is 9.47 Å². The number of nitrogens with zero attached hydrogens (tertiary/aromatic N) is 3. The quantitative estimate of drug-likeness (QED) is 0.664. The molecule has 1 unspecified atom stereocenters. The van der Waals surface area contributed by atoms with Gasteiger partial charge in [-0.05, 0) is 6.42 Å². The molecule has 6 heteroatoms. The molecular weight excluding hydrogens is 246 g/mol.